The first-order chi connectivity index (χ1) is 5.22. The standard InChI is InChI=1S/C9H18F2/c1-3-5-6-7-9(11)8(10)4-2/h8-9H,3-7H2,1-2H3. The van der Waals surface area contributed by atoms with E-state index < -0.39 is 12.3 Å². The Morgan fingerprint density at radius 1 is 1.00 bits per heavy atom. The molecule has 0 heterocycles. The van der Waals surface area contributed by atoms with Crippen LogP contribution in [0.5, 0.6) is 0 Å². The number of rotatable bonds is 6. The summed E-state index contributed by atoms with van der Waals surface area (Å²) in [6, 6.07) is 0. The lowest BCUT2D eigenvalue weighted by Crippen LogP contribution is -2.15. The van der Waals surface area contributed by atoms with Gasteiger partial charge in [-0.3, -0.25) is 0 Å². The summed E-state index contributed by atoms with van der Waals surface area (Å²) in [6.07, 6.45) is 1.11. The smallest absolute Gasteiger partial charge is 0.131 e. The van der Waals surface area contributed by atoms with E-state index in [9.17, 15) is 8.78 Å². The van der Waals surface area contributed by atoms with E-state index in [0.29, 0.717) is 12.8 Å². The van der Waals surface area contributed by atoms with Crippen molar-refractivity contribution in [2.45, 2.75) is 58.3 Å². The third kappa shape index (κ3) is 5.16. The molecule has 0 amide bonds. The van der Waals surface area contributed by atoms with E-state index in [4.69, 9.17) is 0 Å². The number of unbranched alkanes of at least 4 members (excludes halogenated alkanes) is 2. The Labute approximate surface area is 68.0 Å². The molecule has 2 heteroatoms. The van der Waals surface area contributed by atoms with Crippen molar-refractivity contribution in [2.75, 3.05) is 0 Å². The van der Waals surface area contributed by atoms with E-state index in [2.05, 4.69) is 6.92 Å². The van der Waals surface area contributed by atoms with Crippen LogP contribution in [0.1, 0.15) is 46.0 Å². The molecular weight excluding hydrogens is 146 g/mol. The van der Waals surface area contributed by atoms with Gasteiger partial charge in [-0.05, 0) is 12.8 Å². The predicted octanol–water partition coefficient (Wildman–Crippen LogP) is 3.65. The van der Waals surface area contributed by atoms with Crippen molar-refractivity contribution in [3.63, 3.8) is 0 Å². The zero-order valence-corrected chi connectivity index (χ0v) is 7.45. The van der Waals surface area contributed by atoms with Crippen molar-refractivity contribution in [2.24, 2.45) is 0 Å². The highest BCUT2D eigenvalue weighted by Gasteiger charge is 2.16. The maximum absolute atomic E-state index is 12.7. The third-order valence-corrected chi connectivity index (χ3v) is 1.87. The van der Waals surface area contributed by atoms with Gasteiger partial charge in [0.2, 0.25) is 0 Å². The number of hydrogen-bond donors (Lipinski definition) is 0. The zero-order valence-electron chi connectivity index (χ0n) is 7.45. The molecule has 0 aliphatic carbocycles. The van der Waals surface area contributed by atoms with Crippen molar-refractivity contribution in [1.82, 2.24) is 0 Å². The molecule has 0 N–H and O–H groups in total. The average Bonchev–Trinajstić information content (AvgIpc) is 2.03. The van der Waals surface area contributed by atoms with E-state index in [1.54, 1.807) is 6.92 Å². The van der Waals surface area contributed by atoms with Crippen LogP contribution in [0.2, 0.25) is 0 Å². The molecule has 0 fully saturated rings. The van der Waals surface area contributed by atoms with Crippen LogP contribution < -0.4 is 0 Å². The van der Waals surface area contributed by atoms with Crippen LogP contribution in [0.25, 0.3) is 0 Å². The molecular formula is C9H18F2. The largest absolute Gasteiger partial charge is 0.244 e. The Hall–Kier alpha value is -0.140. The van der Waals surface area contributed by atoms with Gasteiger partial charge in [0.1, 0.15) is 12.3 Å². The summed E-state index contributed by atoms with van der Waals surface area (Å²) in [5.41, 5.74) is 0. The second-order valence-corrected chi connectivity index (χ2v) is 2.94. The molecule has 0 bridgehead atoms. The number of alkyl halides is 2. The molecule has 0 aromatic carbocycles. The first-order valence-corrected chi connectivity index (χ1v) is 4.50. The molecule has 0 aliphatic heterocycles. The lowest BCUT2D eigenvalue weighted by Gasteiger charge is -2.10. The fourth-order valence-corrected chi connectivity index (χ4v) is 1.03. The minimum absolute atomic E-state index is 0.299. The SMILES string of the molecule is CCCCCC(F)C(F)CC. The topological polar surface area (TPSA) is 0 Å². The van der Waals surface area contributed by atoms with Crippen molar-refractivity contribution in [1.29, 1.82) is 0 Å². The predicted molar refractivity (Wildman–Crippen MR) is 44.2 cm³/mol. The van der Waals surface area contributed by atoms with E-state index in [1.165, 1.54) is 0 Å². The summed E-state index contributed by atoms with van der Waals surface area (Å²) >= 11 is 0. The maximum Gasteiger partial charge on any atom is 0.131 e. The van der Waals surface area contributed by atoms with Gasteiger partial charge in [-0.2, -0.15) is 0 Å². The summed E-state index contributed by atoms with van der Waals surface area (Å²) in [6.45, 7) is 3.73. The number of halogens is 2. The lowest BCUT2D eigenvalue weighted by atomic mass is 10.1. The summed E-state index contributed by atoms with van der Waals surface area (Å²) in [4.78, 5) is 0. The van der Waals surface area contributed by atoms with Gasteiger partial charge < -0.3 is 0 Å². The van der Waals surface area contributed by atoms with Crippen LogP contribution in [-0.4, -0.2) is 12.3 Å². The normalized spacial score (nSPS) is 16.4. The monoisotopic (exact) mass is 164 g/mol. The second kappa shape index (κ2) is 6.56. The minimum Gasteiger partial charge on any atom is -0.244 e. The first kappa shape index (κ1) is 10.9. The van der Waals surface area contributed by atoms with Crippen molar-refractivity contribution in [3.05, 3.63) is 0 Å². The summed E-state index contributed by atoms with van der Waals surface area (Å²) in [5.74, 6) is 0. The molecule has 0 saturated heterocycles. The quantitative estimate of drug-likeness (QED) is 0.525. The molecule has 0 aromatic rings. The molecule has 2 unspecified atom stereocenters. The van der Waals surface area contributed by atoms with Crippen LogP contribution in [0, 0.1) is 0 Å². The van der Waals surface area contributed by atoms with E-state index in [1.807, 2.05) is 0 Å². The highest BCUT2D eigenvalue weighted by molar-refractivity contribution is 4.65. The van der Waals surface area contributed by atoms with Gasteiger partial charge in [0.25, 0.3) is 0 Å². The number of hydrogen-bond acceptors (Lipinski definition) is 0. The van der Waals surface area contributed by atoms with Gasteiger partial charge in [0.15, 0.2) is 0 Å². The third-order valence-electron chi connectivity index (χ3n) is 1.87. The molecule has 0 aromatic heterocycles. The molecule has 0 saturated carbocycles. The minimum atomic E-state index is -1.24. The zero-order chi connectivity index (χ0) is 8.69. The fourth-order valence-electron chi connectivity index (χ4n) is 1.03. The van der Waals surface area contributed by atoms with Crippen LogP contribution in [0.4, 0.5) is 8.78 Å². The highest BCUT2D eigenvalue weighted by atomic mass is 19.2. The molecule has 0 rings (SSSR count). The summed E-state index contributed by atoms with van der Waals surface area (Å²) in [5, 5.41) is 0. The fraction of sp³-hybridized carbons (Fsp3) is 1.00. The van der Waals surface area contributed by atoms with Crippen molar-refractivity contribution < 1.29 is 8.78 Å². The van der Waals surface area contributed by atoms with Crippen LogP contribution in [0.15, 0.2) is 0 Å². The Balaban J connectivity index is 3.28. The second-order valence-electron chi connectivity index (χ2n) is 2.94. The average molecular weight is 164 g/mol. The Bertz CT molecular complexity index is 83.6. The molecule has 2 atom stereocenters. The first-order valence-electron chi connectivity index (χ1n) is 4.50. The van der Waals surface area contributed by atoms with Gasteiger partial charge in [-0.1, -0.05) is 33.1 Å². The van der Waals surface area contributed by atoms with Crippen LogP contribution >= 0.6 is 0 Å². The van der Waals surface area contributed by atoms with Gasteiger partial charge >= 0.3 is 0 Å². The molecule has 0 radical (unpaired) electrons. The molecule has 11 heavy (non-hydrogen) atoms. The van der Waals surface area contributed by atoms with Gasteiger partial charge in [-0.25, -0.2) is 8.78 Å². The van der Waals surface area contributed by atoms with Gasteiger partial charge in [-0.15, -0.1) is 0 Å². The lowest BCUT2D eigenvalue weighted by molar-refractivity contribution is 0.151. The van der Waals surface area contributed by atoms with Gasteiger partial charge in [0, 0.05) is 0 Å². The van der Waals surface area contributed by atoms with Crippen LogP contribution in [0.3, 0.4) is 0 Å². The van der Waals surface area contributed by atoms with E-state index in [-0.39, 0.29) is 0 Å². The Kier molecular flexibility index (Phi) is 6.48. The highest BCUT2D eigenvalue weighted by Crippen LogP contribution is 2.14. The van der Waals surface area contributed by atoms with E-state index >= 15 is 0 Å². The Morgan fingerprint density at radius 3 is 2.09 bits per heavy atom. The van der Waals surface area contributed by atoms with Gasteiger partial charge in [0.05, 0.1) is 0 Å². The summed E-state index contributed by atoms with van der Waals surface area (Å²) < 4.78 is 25.3. The van der Waals surface area contributed by atoms with Crippen LogP contribution in [-0.2, 0) is 0 Å². The van der Waals surface area contributed by atoms with Crippen molar-refractivity contribution in [3.8, 4) is 0 Å². The summed E-state index contributed by atoms with van der Waals surface area (Å²) in [7, 11) is 0. The molecule has 68 valence electrons. The maximum atomic E-state index is 12.7. The Morgan fingerprint density at radius 2 is 1.64 bits per heavy atom. The van der Waals surface area contributed by atoms with Crippen molar-refractivity contribution >= 4 is 0 Å². The molecule has 0 aliphatic rings. The molecule has 0 spiro atoms. The van der Waals surface area contributed by atoms with E-state index in [0.717, 1.165) is 19.3 Å². The molecule has 0 nitrogen and oxygen atoms in total.